The predicted molar refractivity (Wildman–Crippen MR) is 76.6 cm³/mol. The summed E-state index contributed by atoms with van der Waals surface area (Å²) >= 11 is 5.66. The number of rotatable bonds is 2. The van der Waals surface area contributed by atoms with Crippen molar-refractivity contribution < 1.29 is 4.74 Å². The Bertz CT molecular complexity index is 433. The average molecular weight is 261 g/mol. The molecule has 0 saturated carbocycles. The molecule has 0 spiro atoms. The van der Waals surface area contributed by atoms with E-state index in [0.29, 0.717) is 17.9 Å². The van der Waals surface area contributed by atoms with Crippen LogP contribution in [0.15, 0.2) is 30.3 Å². The molecule has 18 heavy (non-hydrogen) atoms. The highest BCUT2D eigenvalue weighted by Gasteiger charge is 2.40. The van der Waals surface area contributed by atoms with Gasteiger partial charge in [0.15, 0.2) is 0 Å². The summed E-state index contributed by atoms with van der Waals surface area (Å²) in [7, 11) is 0. The largest absolute Gasteiger partial charge is 0.381 e. The number of thiocarbonyl (C=S) groups is 1. The van der Waals surface area contributed by atoms with E-state index in [9.17, 15) is 0 Å². The molecule has 0 aromatic heterocycles. The molecule has 2 aliphatic rings. The van der Waals surface area contributed by atoms with Gasteiger partial charge in [-0.1, -0.05) is 42.5 Å². The third kappa shape index (κ3) is 2.06. The minimum absolute atomic E-state index is 0.379. The summed E-state index contributed by atoms with van der Waals surface area (Å²) in [6.07, 6.45) is 1.16. The fourth-order valence-corrected chi connectivity index (χ4v) is 3.58. The fourth-order valence-electron chi connectivity index (χ4n) is 3.09. The maximum atomic E-state index is 5.66. The van der Waals surface area contributed by atoms with Crippen molar-refractivity contribution in [3.8, 4) is 0 Å². The van der Waals surface area contributed by atoms with Gasteiger partial charge in [-0.05, 0) is 24.8 Å². The number of ether oxygens (including phenoxy) is 1. The van der Waals surface area contributed by atoms with Gasteiger partial charge in [0.05, 0.1) is 17.6 Å². The van der Waals surface area contributed by atoms with Crippen molar-refractivity contribution in [3.05, 3.63) is 35.9 Å². The maximum absolute atomic E-state index is 5.66. The van der Waals surface area contributed by atoms with E-state index in [-0.39, 0.29) is 0 Å². The molecule has 2 nitrogen and oxygen atoms in total. The zero-order valence-corrected chi connectivity index (χ0v) is 11.5. The number of hydrogen-bond acceptors (Lipinski definition) is 2. The van der Waals surface area contributed by atoms with Crippen LogP contribution in [0.1, 0.15) is 24.9 Å². The Morgan fingerprint density at radius 2 is 2.11 bits per heavy atom. The molecule has 2 heterocycles. The van der Waals surface area contributed by atoms with E-state index >= 15 is 0 Å². The van der Waals surface area contributed by atoms with Gasteiger partial charge < -0.3 is 9.64 Å². The van der Waals surface area contributed by atoms with Crippen LogP contribution in [0.5, 0.6) is 0 Å². The molecule has 0 bridgehead atoms. The van der Waals surface area contributed by atoms with Crippen molar-refractivity contribution in [3.63, 3.8) is 0 Å². The van der Waals surface area contributed by atoms with Gasteiger partial charge in [-0.3, -0.25) is 0 Å². The van der Waals surface area contributed by atoms with Gasteiger partial charge in [-0.2, -0.15) is 0 Å². The summed E-state index contributed by atoms with van der Waals surface area (Å²) in [4.78, 5) is 3.50. The number of fused-ring (bicyclic) bond motifs is 1. The van der Waals surface area contributed by atoms with Crippen molar-refractivity contribution in [2.75, 3.05) is 19.8 Å². The Balaban J connectivity index is 1.79. The van der Waals surface area contributed by atoms with Crippen LogP contribution in [0, 0.1) is 11.8 Å². The van der Waals surface area contributed by atoms with E-state index in [4.69, 9.17) is 17.0 Å². The average Bonchev–Trinajstić information content (AvgIpc) is 2.77. The molecule has 3 heteroatoms. The van der Waals surface area contributed by atoms with Gasteiger partial charge in [0.25, 0.3) is 0 Å². The lowest BCUT2D eigenvalue weighted by Crippen LogP contribution is -2.30. The lowest BCUT2D eigenvalue weighted by atomic mass is 9.92. The van der Waals surface area contributed by atoms with Crippen molar-refractivity contribution in [2.24, 2.45) is 11.8 Å². The zero-order valence-electron chi connectivity index (χ0n) is 10.7. The summed E-state index contributed by atoms with van der Waals surface area (Å²) in [6, 6.07) is 11.0. The summed E-state index contributed by atoms with van der Waals surface area (Å²) in [5.41, 5.74) is 1.35. The topological polar surface area (TPSA) is 12.5 Å². The Morgan fingerprint density at radius 1 is 1.33 bits per heavy atom. The molecule has 2 unspecified atom stereocenters. The van der Waals surface area contributed by atoms with Crippen LogP contribution in [-0.4, -0.2) is 29.6 Å². The highest BCUT2D eigenvalue weighted by Crippen LogP contribution is 2.36. The molecule has 0 N–H and O–H groups in total. The Kier molecular flexibility index (Phi) is 3.35. The smallest absolute Gasteiger partial charge is 0.0842 e. The quantitative estimate of drug-likeness (QED) is 0.759. The van der Waals surface area contributed by atoms with Gasteiger partial charge in [-0.15, -0.1) is 0 Å². The standard InChI is InChI=1S/C15H19NOS/c1-11(12-5-3-2-4-6-12)16-9-13-7-8-17-10-14(13)15(16)18/h2-6,11,13-14H,7-10H2,1H3/t11-,13?,14?/m1/s1. The first-order chi connectivity index (χ1) is 8.77. The summed E-state index contributed by atoms with van der Waals surface area (Å²) in [5, 5.41) is 0. The molecule has 3 atom stereocenters. The Labute approximate surface area is 114 Å². The third-order valence-electron chi connectivity index (χ3n) is 4.28. The predicted octanol–water partition coefficient (Wildman–Crippen LogP) is 3.04. The van der Waals surface area contributed by atoms with Crippen LogP contribution in [0.3, 0.4) is 0 Å². The Hall–Kier alpha value is -0.930. The number of likely N-dealkylation sites (tertiary alicyclic amines) is 1. The Morgan fingerprint density at radius 3 is 2.83 bits per heavy atom. The van der Waals surface area contributed by atoms with Crippen LogP contribution < -0.4 is 0 Å². The van der Waals surface area contributed by atoms with E-state index in [1.807, 2.05) is 0 Å². The zero-order chi connectivity index (χ0) is 12.5. The minimum atomic E-state index is 0.379. The van der Waals surface area contributed by atoms with Crippen LogP contribution in [0.2, 0.25) is 0 Å². The number of nitrogens with zero attached hydrogens (tertiary/aromatic N) is 1. The van der Waals surface area contributed by atoms with Gasteiger partial charge in [0.1, 0.15) is 0 Å². The molecule has 1 aromatic rings. The molecule has 0 amide bonds. The molecule has 96 valence electrons. The van der Waals surface area contributed by atoms with Crippen LogP contribution >= 0.6 is 12.2 Å². The first kappa shape index (κ1) is 12.1. The molecule has 2 saturated heterocycles. The van der Waals surface area contributed by atoms with E-state index in [1.165, 1.54) is 5.56 Å². The first-order valence-electron chi connectivity index (χ1n) is 6.70. The normalized spacial score (nSPS) is 29.2. The van der Waals surface area contributed by atoms with Crippen molar-refractivity contribution in [1.82, 2.24) is 4.90 Å². The van der Waals surface area contributed by atoms with Crippen molar-refractivity contribution >= 4 is 17.2 Å². The minimum Gasteiger partial charge on any atom is -0.381 e. The third-order valence-corrected chi connectivity index (χ3v) is 4.82. The SMILES string of the molecule is C[C@H](c1ccccc1)N1CC2CCOCC2C1=S. The van der Waals surface area contributed by atoms with E-state index in [0.717, 1.165) is 31.2 Å². The van der Waals surface area contributed by atoms with Crippen LogP contribution in [-0.2, 0) is 4.74 Å². The summed E-state index contributed by atoms with van der Waals surface area (Å²) in [5.74, 6) is 1.18. The molecular weight excluding hydrogens is 242 g/mol. The van der Waals surface area contributed by atoms with Crippen molar-refractivity contribution in [1.29, 1.82) is 0 Å². The van der Waals surface area contributed by atoms with Gasteiger partial charge in [0.2, 0.25) is 0 Å². The monoisotopic (exact) mass is 261 g/mol. The van der Waals surface area contributed by atoms with Gasteiger partial charge >= 0.3 is 0 Å². The molecule has 0 radical (unpaired) electrons. The lowest BCUT2D eigenvalue weighted by molar-refractivity contribution is 0.0503. The highest BCUT2D eigenvalue weighted by molar-refractivity contribution is 7.80. The lowest BCUT2D eigenvalue weighted by Gasteiger charge is -2.27. The second-order valence-electron chi connectivity index (χ2n) is 5.31. The summed E-state index contributed by atoms with van der Waals surface area (Å²) < 4.78 is 5.57. The van der Waals surface area contributed by atoms with Crippen LogP contribution in [0.4, 0.5) is 0 Å². The van der Waals surface area contributed by atoms with E-state index in [2.05, 4.69) is 42.2 Å². The molecule has 1 aromatic carbocycles. The van der Waals surface area contributed by atoms with Crippen LogP contribution in [0.25, 0.3) is 0 Å². The van der Waals surface area contributed by atoms with Gasteiger partial charge in [-0.25, -0.2) is 0 Å². The molecule has 2 fully saturated rings. The first-order valence-corrected chi connectivity index (χ1v) is 7.11. The molecule has 0 aliphatic carbocycles. The number of hydrogen-bond donors (Lipinski definition) is 0. The second kappa shape index (κ2) is 4.98. The number of benzene rings is 1. The molecular formula is C15H19NOS. The molecule has 2 aliphatic heterocycles. The van der Waals surface area contributed by atoms with Crippen molar-refractivity contribution in [2.45, 2.75) is 19.4 Å². The molecule has 3 rings (SSSR count). The second-order valence-corrected chi connectivity index (χ2v) is 5.73. The van der Waals surface area contributed by atoms with Gasteiger partial charge in [0, 0.05) is 19.1 Å². The maximum Gasteiger partial charge on any atom is 0.0842 e. The van der Waals surface area contributed by atoms with E-state index < -0.39 is 0 Å². The van der Waals surface area contributed by atoms with E-state index in [1.54, 1.807) is 0 Å². The fraction of sp³-hybridized carbons (Fsp3) is 0.533. The highest BCUT2D eigenvalue weighted by atomic mass is 32.1. The summed E-state index contributed by atoms with van der Waals surface area (Å²) in [6.45, 7) is 5.07.